The van der Waals surface area contributed by atoms with Gasteiger partial charge >= 0.3 is 5.97 Å². The lowest BCUT2D eigenvalue weighted by Crippen LogP contribution is -2.59. The van der Waals surface area contributed by atoms with Crippen molar-refractivity contribution in [2.24, 2.45) is 28.2 Å². The zero-order valence-electron chi connectivity index (χ0n) is 36.4. The molecule has 1 aromatic rings. The largest absolute Gasteiger partial charge is 0.497 e. The average molecular weight is 826 g/mol. The van der Waals surface area contributed by atoms with E-state index in [2.05, 4.69) is 10.6 Å². The van der Waals surface area contributed by atoms with Crippen LogP contribution in [0.15, 0.2) is 40.9 Å². The second kappa shape index (κ2) is 20.4. The first kappa shape index (κ1) is 46.8. The van der Waals surface area contributed by atoms with E-state index < -0.39 is 65.5 Å². The topological polar surface area (TPSA) is 167 Å². The molecule has 2 bridgehead atoms. The minimum atomic E-state index is -1.03. The van der Waals surface area contributed by atoms with Crippen LogP contribution in [0.3, 0.4) is 0 Å². The number of esters is 1. The SMILES string of the molecule is CC[C@H](C)[C@@H]1NC(=O)[C@H](C)N(C)C(=O)[C@H](Cc2ccc(OC)cc2)NC(=O)C(C)=C[C@H]2CSC(=N2)[C@@H](C)[C@@H](O)C[C@H](C)CC(C(C)(C)C)OC(=O)[C@@H]2CCCN2C1=O. The Morgan fingerprint density at radius 3 is 2.33 bits per heavy atom. The van der Waals surface area contributed by atoms with Gasteiger partial charge in [0, 0.05) is 37.3 Å². The zero-order valence-corrected chi connectivity index (χ0v) is 37.2. The van der Waals surface area contributed by atoms with Crippen LogP contribution >= 0.6 is 11.8 Å². The predicted molar refractivity (Wildman–Crippen MR) is 227 cm³/mol. The summed E-state index contributed by atoms with van der Waals surface area (Å²) in [5, 5.41) is 18.1. The van der Waals surface area contributed by atoms with Gasteiger partial charge in [0.05, 0.1) is 24.3 Å². The van der Waals surface area contributed by atoms with Gasteiger partial charge < -0.3 is 35.0 Å². The molecule has 322 valence electrons. The molecule has 0 aromatic heterocycles. The van der Waals surface area contributed by atoms with Crippen molar-refractivity contribution in [2.75, 3.05) is 26.5 Å². The number of carbonyl (C=O) groups is 5. The van der Waals surface area contributed by atoms with Crippen molar-refractivity contribution in [2.45, 2.75) is 143 Å². The second-order valence-corrected chi connectivity index (χ2v) is 18.7. The predicted octanol–water partition coefficient (Wildman–Crippen LogP) is 4.94. The van der Waals surface area contributed by atoms with Crippen molar-refractivity contribution in [3.05, 3.63) is 41.5 Å². The molecule has 1 aromatic carbocycles. The number of amides is 4. The van der Waals surface area contributed by atoms with E-state index in [1.54, 1.807) is 55.8 Å². The maximum absolute atomic E-state index is 14.3. The quantitative estimate of drug-likeness (QED) is 0.349. The fourth-order valence-electron chi connectivity index (χ4n) is 7.64. The van der Waals surface area contributed by atoms with Crippen molar-refractivity contribution in [3.63, 3.8) is 0 Å². The number of hydrogen-bond donors (Lipinski definition) is 3. The highest BCUT2D eigenvalue weighted by atomic mass is 32.2. The first-order valence-electron chi connectivity index (χ1n) is 20.8. The molecule has 3 aliphatic rings. The summed E-state index contributed by atoms with van der Waals surface area (Å²) in [5.74, 6) is -1.57. The van der Waals surface area contributed by atoms with E-state index in [1.165, 1.54) is 11.9 Å². The van der Waals surface area contributed by atoms with Crippen LogP contribution in [0.5, 0.6) is 5.75 Å². The number of methoxy groups -OCH3 is 1. The fourth-order valence-corrected chi connectivity index (χ4v) is 8.78. The number of aliphatic imine (C=N–C) groups is 1. The van der Waals surface area contributed by atoms with E-state index in [1.807, 2.05) is 60.6 Å². The summed E-state index contributed by atoms with van der Waals surface area (Å²) in [5.41, 5.74) is 0.753. The van der Waals surface area contributed by atoms with Gasteiger partial charge in [0.2, 0.25) is 23.6 Å². The molecule has 14 heteroatoms. The van der Waals surface area contributed by atoms with E-state index in [9.17, 15) is 29.1 Å². The Kier molecular flexibility index (Phi) is 16.4. The van der Waals surface area contributed by atoms with Crippen molar-refractivity contribution in [1.82, 2.24) is 20.4 Å². The van der Waals surface area contributed by atoms with Crippen LogP contribution in [0.1, 0.15) is 100.0 Å². The normalized spacial score (nSPS) is 30.9. The molecule has 4 rings (SSSR count). The summed E-state index contributed by atoms with van der Waals surface area (Å²) in [4.78, 5) is 78.0. The number of aliphatic hydroxyl groups is 1. The third kappa shape index (κ3) is 11.9. The Balaban J connectivity index is 1.71. The number of fused-ring (bicyclic) bond motifs is 2. The highest BCUT2D eigenvalue weighted by Crippen LogP contribution is 2.34. The molecule has 0 saturated carbocycles. The van der Waals surface area contributed by atoms with Gasteiger partial charge in [-0.1, -0.05) is 73.1 Å². The molecule has 0 spiro atoms. The number of nitrogens with one attached hydrogen (secondary N) is 2. The molecule has 0 radical (unpaired) electrons. The van der Waals surface area contributed by atoms with Gasteiger partial charge in [0.1, 0.15) is 36.0 Å². The van der Waals surface area contributed by atoms with Crippen LogP contribution in [0, 0.1) is 23.2 Å². The molecule has 10 atom stereocenters. The lowest BCUT2D eigenvalue weighted by atomic mass is 9.81. The van der Waals surface area contributed by atoms with Crippen LogP contribution in [0.4, 0.5) is 0 Å². The molecule has 1 fully saturated rings. The number of ether oxygens (including phenoxy) is 2. The van der Waals surface area contributed by atoms with Gasteiger partial charge in [0.25, 0.3) is 0 Å². The second-order valence-electron chi connectivity index (χ2n) is 17.7. The summed E-state index contributed by atoms with van der Waals surface area (Å²) >= 11 is 1.56. The molecule has 58 heavy (non-hydrogen) atoms. The first-order chi connectivity index (χ1) is 27.2. The van der Waals surface area contributed by atoms with Gasteiger partial charge in [-0.15, -0.1) is 11.8 Å². The number of rotatable bonds is 5. The Morgan fingerprint density at radius 1 is 1.03 bits per heavy atom. The van der Waals surface area contributed by atoms with Gasteiger partial charge in [-0.25, -0.2) is 4.79 Å². The van der Waals surface area contributed by atoms with Crippen LogP contribution in [0.25, 0.3) is 0 Å². The molecule has 4 amide bonds. The summed E-state index contributed by atoms with van der Waals surface area (Å²) in [6.45, 7) is 17.5. The Labute approximate surface area is 349 Å². The Bertz CT molecular complexity index is 1690. The third-order valence-corrected chi connectivity index (χ3v) is 13.3. The number of cyclic esters (lactones) is 1. The van der Waals surface area contributed by atoms with Crippen LogP contribution in [-0.2, 0) is 35.1 Å². The molecular weight excluding hydrogens is 759 g/mol. The average Bonchev–Trinajstić information content (AvgIpc) is 3.87. The summed E-state index contributed by atoms with van der Waals surface area (Å²) < 4.78 is 11.6. The number of likely N-dealkylation sites (N-methyl/N-ethyl adjacent to an activating group) is 1. The van der Waals surface area contributed by atoms with E-state index in [-0.39, 0.29) is 36.1 Å². The van der Waals surface area contributed by atoms with E-state index in [0.717, 1.165) is 10.6 Å². The first-order valence-corrected chi connectivity index (χ1v) is 21.8. The Hall–Kier alpha value is -3.91. The number of aliphatic hydroxyl groups excluding tert-OH is 1. The van der Waals surface area contributed by atoms with Crippen molar-refractivity contribution in [3.8, 4) is 5.75 Å². The number of benzene rings is 1. The zero-order chi connectivity index (χ0) is 43.1. The number of nitrogens with zero attached hydrogens (tertiary/aromatic N) is 3. The maximum atomic E-state index is 14.3. The third-order valence-electron chi connectivity index (χ3n) is 12.0. The van der Waals surface area contributed by atoms with Gasteiger partial charge in [-0.05, 0) is 74.5 Å². The lowest BCUT2D eigenvalue weighted by Gasteiger charge is -2.36. The molecule has 13 nitrogen and oxygen atoms in total. The van der Waals surface area contributed by atoms with Crippen molar-refractivity contribution >= 4 is 46.4 Å². The molecule has 0 aliphatic carbocycles. The number of carbonyl (C=O) groups excluding carboxylic acids is 5. The van der Waals surface area contributed by atoms with E-state index in [4.69, 9.17) is 14.5 Å². The van der Waals surface area contributed by atoms with Crippen molar-refractivity contribution < 1.29 is 38.6 Å². The van der Waals surface area contributed by atoms with Gasteiger partial charge in [-0.3, -0.25) is 24.2 Å². The molecule has 3 heterocycles. The van der Waals surface area contributed by atoms with Crippen molar-refractivity contribution in [1.29, 1.82) is 0 Å². The monoisotopic (exact) mass is 825 g/mol. The number of hydrogen-bond acceptors (Lipinski definition) is 10. The van der Waals surface area contributed by atoms with Gasteiger partial charge in [0.15, 0.2) is 0 Å². The smallest absolute Gasteiger partial charge is 0.329 e. The fraction of sp³-hybridized carbons (Fsp3) is 0.682. The standard InChI is InChI=1S/C44H67N5O8S/c1-12-26(3)37-42(54)49-19-13-14-34(49)43(55)57-36(44(7,8)9)21-25(2)20-35(50)28(5)40-45-31(24-58-40)22-27(4)38(51)46-33(23-30-15-17-32(56-11)18-16-30)41(53)48(10)29(6)39(52)47-37/h15-18,22,25-26,28-29,31,33-37,50H,12-14,19-21,23-24H2,1-11H3,(H,46,51)(H,47,52)/t25-,26-,28-,29-,31-,33-,34-,35-,36?,37-/m0/s1. The van der Waals surface area contributed by atoms with E-state index >= 15 is 0 Å². The highest BCUT2D eigenvalue weighted by molar-refractivity contribution is 8.14. The number of thioether (sulfide) groups is 1. The molecule has 3 aliphatic heterocycles. The molecule has 3 N–H and O–H groups in total. The van der Waals surface area contributed by atoms with Gasteiger partial charge in [-0.2, -0.15) is 0 Å². The molecule has 1 saturated heterocycles. The highest BCUT2D eigenvalue weighted by Gasteiger charge is 2.43. The lowest BCUT2D eigenvalue weighted by molar-refractivity contribution is -0.165. The van der Waals surface area contributed by atoms with E-state index in [0.29, 0.717) is 55.7 Å². The summed E-state index contributed by atoms with van der Waals surface area (Å²) in [6, 6.07) is 3.10. The van der Waals surface area contributed by atoms with Crippen LogP contribution in [0.2, 0.25) is 0 Å². The van der Waals surface area contributed by atoms with Crippen LogP contribution in [-0.4, -0.2) is 118 Å². The molecule has 1 unspecified atom stereocenters. The summed E-state index contributed by atoms with van der Waals surface area (Å²) in [6.07, 6.45) is 3.38. The maximum Gasteiger partial charge on any atom is 0.329 e. The Morgan fingerprint density at radius 2 is 1.71 bits per heavy atom. The minimum Gasteiger partial charge on any atom is -0.497 e. The van der Waals surface area contributed by atoms with Crippen LogP contribution < -0.4 is 15.4 Å². The molecular formula is C44H67N5O8S. The summed E-state index contributed by atoms with van der Waals surface area (Å²) in [7, 11) is 3.07. The minimum absolute atomic E-state index is 0.00223.